The van der Waals surface area contributed by atoms with E-state index in [4.69, 9.17) is 0 Å². The minimum atomic E-state index is -0.446. The van der Waals surface area contributed by atoms with Crippen LogP contribution >= 0.6 is 0 Å². The summed E-state index contributed by atoms with van der Waals surface area (Å²) < 4.78 is 0. The Labute approximate surface area is 317 Å². The predicted molar refractivity (Wildman–Crippen MR) is 227 cm³/mol. The van der Waals surface area contributed by atoms with Crippen molar-refractivity contribution in [1.29, 1.82) is 0 Å². The van der Waals surface area contributed by atoms with E-state index in [9.17, 15) is 0 Å². The van der Waals surface area contributed by atoms with Crippen molar-refractivity contribution < 1.29 is 0 Å². The molecule has 0 saturated heterocycles. The fourth-order valence-electron chi connectivity index (χ4n) is 8.77. The van der Waals surface area contributed by atoms with E-state index in [1.807, 2.05) is 0 Å². The smallest absolute Gasteiger partial charge is 0.0713 e. The number of rotatable bonds is 7. The molecule has 1 aliphatic rings. The van der Waals surface area contributed by atoms with E-state index in [2.05, 4.69) is 229 Å². The maximum Gasteiger partial charge on any atom is 0.0713 e. The third-order valence-corrected chi connectivity index (χ3v) is 11.2. The largest absolute Gasteiger partial charge is 0.310 e. The second kappa shape index (κ2) is 13.2. The van der Waals surface area contributed by atoms with E-state index in [-0.39, 0.29) is 0 Å². The van der Waals surface area contributed by atoms with Gasteiger partial charge in [-0.1, -0.05) is 194 Å². The van der Waals surface area contributed by atoms with Crippen molar-refractivity contribution in [2.75, 3.05) is 4.90 Å². The zero-order valence-corrected chi connectivity index (χ0v) is 29.8. The van der Waals surface area contributed by atoms with Crippen LogP contribution in [0.2, 0.25) is 0 Å². The summed E-state index contributed by atoms with van der Waals surface area (Å²) in [5.74, 6) is 0. The van der Waals surface area contributed by atoms with Crippen molar-refractivity contribution in [2.24, 2.45) is 0 Å². The molecule has 0 radical (unpaired) electrons. The van der Waals surface area contributed by atoms with E-state index in [1.54, 1.807) is 0 Å². The minimum Gasteiger partial charge on any atom is -0.310 e. The van der Waals surface area contributed by atoms with Crippen molar-refractivity contribution >= 4 is 27.8 Å². The zero-order valence-electron chi connectivity index (χ0n) is 29.8. The van der Waals surface area contributed by atoms with Crippen LogP contribution in [-0.4, -0.2) is 0 Å². The van der Waals surface area contributed by atoms with E-state index >= 15 is 0 Å². The van der Waals surface area contributed by atoms with E-state index in [0.29, 0.717) is 0 Å². The first-order valence-corrected chi connectivity index (χ1v) is 18.7. The molecule has 0 aromatic heterocycles. The Bertz CT molecular complexity index is 2600. The molecular formula is C53H37N. The summed E-state index contributed by atoms with van der Waals surface area (Å²) in [5, 5.41) is 2.46. The van der Waals surface area contributed by atoms with Gasteiger partial charge in [-0.2, -0.15) is 0 Å². The van der Waals surface area contributed by atoms with Crippen LogP contribution < -0.4 is 4.90 Å². The summed E-state index contributed by atoms with van der Waals surface area (Å²) in [6.07, 6.45) is 0. The molecule has 1 aliphatic carbocycles. The topological polar surface area (TPSA) is 3.24 Å². The van der Waals surface area contributed by atoms with Crippen molar-refractivity contribution in [1.82, 2.24) is 0 Å². The third kappa shape index (κ3) is 5.09. The van der Waals surface area contributed by atoms with Gasteiger partial charge >= 0.3 is 0 Å². The fourth-order valence-corrected chi connectivity index (χ4v) is 8.77. The minimum absolute atomic E-state index is 0.446. The first-order chi connectivity index (χ1) is 26.8. The van der Waals surface area contributed by atoms with Gasteiger partial charge in [0.05, 0.1) is 11.1 Å². The highest BCUT2D eigenvalue weighted by Gasteiger charge is 2.46. The van der Waals surface area contributed by atoms with Crippen molar-refractivity contribution in [3.05, 3.63) is 247 Å². The number of benzene rings is 9. The summed E-state index contributed by atoms with van der Waals surface area (Å²) >= 11 is 0. The fraction of sp³-hybridized carbons (Fsp3) is 0.0189. The van der Waals surface area contributed by atoms with Crippen LogP contribution in [0.1, 0.15) is 22.3 Å². The lowest BCUT2D eigenvalue weighted by molar-refractivity contribution is 0.769. The number of nitrogens with zero attached hydrogens (tertiary/aromatic N) is 1. The Morgan fingerprint density at radius 2 is 0.759 bits per heavy atom. The highest BCUT2D eigenvalue weighted by atomic mass is 15.1. The monoisotopic (exact) mass is 687 g/mol. The first kappa shape index (κ1) is 31.7. The molecule has 9 aromatic carbocycles. The van der Waals surface area contributed by atoms with Gasteiger partial charge in [0.2, 0.25) is 0 Å². The molecular weight excluding hydrogens is 651 g/mol. The Morgan fingerprint density at radius 3 is 1.30 bits per heavy atom. The molecule has 10 rings (SSSR count). The van der Waals surface area contributed by atoms with Gasteiger partial charge in [0.15, 0.2) is 0 Å². The average molecular weight is 688 g/mol. The third-order valence-electron chi connectivity index (χ3n) is 11.2. The molecule has 254 valence electrons. The normalized spacial score (nSPS) is 12.6. The van der Waals surface area contributed by atoms with Crippen LogP contribution in [0.15, 0.2) is 224 Å². The van der Waals surface area contributed by atoms with Gasteiger partial charge in [-0.3, -0.25) is 0 Å². The van der Waals surface area contributed by atoms with Crippen molar-refractivity contribution in [2.45, 2.75) is 5.41 Å². The number of fused-ring (bicyclic) bond motifs is 5. The van der Waals surface area contributed by atoms with Gasteiger partial charge in [-0.25, -0.2) is 0 Å². The van der Waals surface area contributed by atoms with Crippen molar-refractivity contribution in [3.8, 4) is 33.4 Å². The number of hydrogen-bond donors (Lipinski definition) is 0. The zero-order chi connectivity index (χ0) is 35.9. The second-order valence-electron chi connectivity index (χ2n) is 14.0. The lowest BCUT2D eigenvalue weighted by atomic mass is 9.67. The Morgan fingerprint density at radius 1 is 0.296 bits per heavy atom. The lowest BCUT2D eigenvalue weighted by Gasteiger charge is -2.34. The van der Waals surface area contributed by atoms with Crippen molar-refractivity contribution in [3.63, 3.8) is 0 Å². The molecule has 0 unspecified atom stereocenters. The molecule has 54 heavy (non-hydrogen) atoms. The second-order valence-corrected chi connectivity index (χ2v) is 14.0. The Hall–Kier alpha value is -6.96. The van der Waals surface area contributed by atoms with Gasteiger partial charge in [0.25, 0.3) is 0 Å². The van der Waals surface area contributed by atoms with E-state index in [0.717, 1.165) is 17.1 Å². The van der Waals surface area contributed by atoms with Gasteiger partial charge < -0.3 is 4.90 Å². The standard InChI is InChI=1S/C53H37N/c1-5-16-38(17-6-1)40-28-32-44(33-29-40)54(45-34-30-41(31-35-45)39-18-7-2-8-19-39)51-27-15-25-47-46(51)36-37-50-52(47)48-24-13-14-26-49(48)53(50,42-20-9-3-10-21-42)43-22-11-4-12-23-43/h1-37H. The SMILES string of the molecule is c1ccc(-c2ccc(N(c3ccc(-c4ccccc4)cc3)c3cccc4c5c(ccc34)C(c3ccccc3)(c3ccccc3)c3ccccc3-5)cc2)cc1. The highest BCUT2D eigenvalue weighted by molar-refractivity contribution is 6.09. The summed E-state index contributed by atoms with van der Waals surface area (Å²) in [6, 6.07) is 81.9. The molecule has 0 spiro atoms. The van der Waals surface area contributed by atoms with Gasteiger partial charge in [0.1, 0.15) is 0 Å². The van der Waals surface area contributed by atoms with Crippen LogP contribution in [0.3, 0.4) is 0 Å². The molecule has 9 aromatic rings. The Kier molecular flexibility index (Phi) is 7.78. The quantitative estimate of drug-likeness (QED) is 0.161. The average Bonchev–Trinajstić information content (AvgIpc) is 3.57. The molecule has 0 N–H and O–H groups in total. The summed E-state index contributed by atoms with van der Waals surface area (Å²) in [4.78, 5) is 2.42. The van der Waals surface area contributed by atoms with Crippen LogP contribution in [0.4, 0.5) is 17.1 Å². The molecule has 1 heteroatoms. The van der Waals surface area contributed by atoms with E-state index in [1.165, 1.54) is 66.4 Å². The summed E-state index contributed by atoms with van der Waals surface area (Å²) in [6.45, 7) is 0. The van der Waals surface area contributed by atoms with Gasteiger partial charge in [0, 0.05) is 16.8 Å². The molecule has 0 saturated carbocycles. The number of hydrogen-bond acceptors (Lipinski definition) is 1. The van der Waals surface area contributed by atoms with Crippen LogP contribution in [0.25, 0.3) is 44.2 Å². The van der Waals surface area contributed by atoms with Crippen LogP contribution in [0, 0.1) is 0 Å². The summed E-state index contributed by atoms with van der Waals surface area (Å²) in [5.41, 5.74) is 15.5. The maximum absolute atomic E-state index is 2.42. The highest BCUT2D eigenvalue weighted by Crippen LogP contribution is 2.58. The molecule has 0 bridgehead atoms. The van der Waals surface area contributed by atoms with Crippen LogP contribution in [-0.2, 0) is 5.41 Å². The molecule has 0 aliphatic heterocycles. The number of anilines is 3. The van der Waals surface area contributed by atoms with Crippen LogP contribution in [0.5, 0.6) is 0 Å². The molecule has 0 atom stereocenters. The van der Waals surface area contributed by atoms with Gasteiger partial charge in [-0.05, 0) is 91.4 Å². The van der Waals surface area contributed by atoms with E-state index < -0.39 is 5.41 Å². The molecule has 0 amide bonds. The first-order valence-electron chi connectivity index (χ1n) is 18.7. The maximum atomic E-state index is 2.42. The van der Waals surface area contributed by atoms with Gasteiger partial charge in [-0.15, -0.1) is 0 Å². The molecule has 0 fully saturated rings. The summed E-state index contributed by atoms with van der Waals surface area (Å²) in [7, 11) is 0. The lowest BCUT2D eigenvalue weighted by Crippen LogP contribution is -2.28. The molecule has 0 heterocycles. The Balaban J connectivity index is 1.20. The molecule has 1 nitrogen and oxygen atoms in total. The predicted octanol–water partition coefficient (Wildman–Crippen LogP) is 14.0.